The first kappa shape index (κ1) is 9.39. The summed E-state index contributed by atoms with van der Waals surface area (Å²) in [5, 5.41) is 6.33. The van der Waals surface area contributed by atoms with Crippen molar-refractivity contribution in [2.24, 2.45) is 0 Å². The zero-order valence-electron chi connectivity index (χ0n) is 7.06. The number of rotatable bonds is 4. The Hall–Kier alpha value is -0.700. The second-order valence-corrected chi connectivity index (χ2v) is 3.36. The van der Waals surface area contributed by atoms with Gasteiger partial charge in [0.2, 0.25) is 0 Å². The summed E-state index contributed by atoms with van der Waals surface area (Å²) < 4.78 is 0. The fourth-order valence-electron chi connectivity index (χ4n) is 1.19. The first-order valence-electron chi connectivity index (χ1n) is 4.10. The molecule has 0 aromatic heterocycles. The molecule has 0 amide bonds. The topological polar surface area (TPSA) is 41.1 Å². The van der Waals surface area contributed by atoms with E-state index in [4.69, 9.17) is 11.6 Å². The molecule has 0 aliphatic carbocycles. The van der Waals surface area contributed by atoms with Crippen LogP contribution in [0.2, 0.25) is 0 Å². The lowest BCUT2D eigenvalue weighted by atomic mass is 10.1. The lowest BCUT2D eigenvalue weighted by molar-refractivity contribution is -0.113. The van der Waals surface area contributed by atoms with Crippen LogP contribution in [0.15, 0.2) is 11.4 Å². The maximum Gasteiger partial charge on any atom is 0.165 e. The zero-order chi connectivity index (χ0) is 9.03. The summed E-state index contributed by atoms with van der Waals surface area (Å²) in [4.78, 5) is 10.8. The molecule has 3 nitrogen and oxygen atoms in total. The van der Waals surface area contributed by atoms with E-state index in [1.165, 1.54) is 0 Å². The molecule has 0 saturated heterocycles. The summed E-state index contributed by atoms with van der Waals surface area (Å²) in [6.07, 6.45) is 5.31. The van der Waals surface area contributed by atoms with E-state index in [0.717, 1.165) is 25.5 Å². The largest absolute Gasteiger partial charge is 0.360 e. The third kappa shape index (κ3) is 1.91. The van der Waals surface area contributed by atoms with Gasteiger partial charge >= 0.3 is 0 Å². The maximum atomic E-state index is 10.8. The molecule has 12 heavy (non-hydrogen) atoms. The number of aldehydes is 1. The smallest absolute Gasteiger partial charge is 0.165 e. The van der Waals surface area contributed by atoms with Gasteiger partial charge in [0.25, 0.3) is 0 Å². The molecule has 1 rings (SSSR count). The molecule has 0 aromatic carbocycles. The normalized spacial score (nSPS) is 27.3. The average molecular weight is 189 g/mol. The van der Waals surface area contributed by atoms with Gasteiger partial charge in [-0.05, 0) is 12.8 Å². The van der Waals surface area contributed by atoms with E-state index < -0.39 is 5.66 Å². The highest BCUT2D eigenvalue weighted by atomic mass is 35.5. The van der Waals surface area contributed by atoms with Crippen molar-refractivity contribution in [3.05, 3.63) is 11.4 Å². The molecule has 0 saturated carbocycles. The standard InChI is InChI=1S/C8H13ClN2O/c1-2-3-4-8(6-12)10-5-7(9)11-8/h5-6,10-11H,2-4H2,1H3. The Bertz CT molecular complexity index is 205. The van der Waals surface area contributed by atoms with Crippen molar-refractivity contribution in [2.45, 2.75) is 31.8 Å². The number of halogens is 1. The Balaban J connectivity index is 2.49. The van der Waals surface area contributed by atoms with E-state index in [1.807, 2.05) is 0 Å². The third-order valence-corrected chi connectivity index (χ3v) is 2.13. The van der Waals surface area contributed by atoms with E-state index in [2.05, 4.69) is 17.6 Å². The zero-order valence-corrected chi connectivity index (χ0v) is 7.82. The van der Waals surface area contributed by atoms with E-state index in [1.54, 1.807) is 6.20 Å². The van der Waals surface area contributed by atoms with Crippen molar-refractivity contribution in [2.75, 3.05) is 0 Å². The van der Waals surface area contributed by atoms with Crippen LogP contribution in [0.1, 0.15) is 26.2 Å². The highest BCUT2D eigenvalue weighted by Gasteiger charge is 2.31. The van der Waals surface area contributed by atoms with Gasteiger partial charge in [-0.3, -0.25) is 4.79 Å². The summed E-state index contributed by atoms with van der Waals surface area (Å²) in [5.41, 5.74) is -0.646. The number of carbonyl (C=O) groups excluding carboxylic acids is 1. The predicted octanol–water partition coefficient (Wildman–Crippen LogP) is 1.30. The monoisotopic (exact) mass is 188 g/mol. The fraction of sp³-hybridized carbons (Fsp3) is 0.625. The van der Waals surface area contributed by atoms with E-state index in [9.17, 15) is 4.79 Å². The molecule has 0 aromatic rings. The van der Waals surface area contributed by atoms with Gasteiger partial charge < -0.3 is 10.6 Å². The molecule has 1 aliphatic rings. The Labute approximate surface area is 77.2 Å². The number of carbonyl (C=O) groups is 1. The van der Waals surface area contributed by atoms with Crippen LogP contribution in [0.5, 0.6) is 0 Å². The molecule has 68 valence electrons. The molecule has 0 radical (unpaired) electrons. The average Bonchev–Trinajstić information content (AvgIpc) is 2.45. The van der Waals surface area contributed by atoms with Crippen molar-refractivity contribution in [3.8, 4) is 0 Å². The molecule has 1 heterocycles. The molecule has 1 aliphatic heterocycles. The lowest BCUT2D eigenvalue weighted by Gasteiger charge is -2.24. The van der Waals surface area contributed by atoms with Crippen LogP contribution < -0.4 is 10.6 Å². The fourth-order valence-corrected chi connectivity index (χ4v) is 1.41. The van der Waals surface area contributed by atoms with Gasteiger partial charge in [0.15, 0.2) is 11.9 Å². The van der Waals surface area contributed by atoms with Crippen LogP contribution in [-0.4, -0.2) is 11.9 Å². The molecule has 0 bridgehead atoms. The van der Waals surface area contributed by atoms with Gasteiger partial charge in [-0.2, -0.15) is 0 Å². The van der Waals surface area contributed by atoms with Crippen LogP contribution >= 0.6 is 11.6 Å². The number of unbranched alkanes of at least 4 members (excludes halogenated alkanes) is 1. The molecule has 1 unspecified atom stereocenters. The van der Waals surface area contributed by atoms with Gasteiger partial charge in [-0.25, -0.2) is 0 Å². The van der Waals surface area contributed by atoms with Crippen LogP contribution in [-0.2, 0) is 4.79 Å². The highest BCUT2D eigenvalue weighted by Crippen LogP contribution is 2.17. The van der Waals surface area contributed by atoms with E-state index in [0.29, 0.717) is 5.16 Å². The maximum absolute atomic E-state index is 10.8. The van der Waals surface area contributed by atoms with Crippen LogP contribution in [0.3, 0.4) is 0 Å². The minimum absolute atomic E-state index is 0.498. The Morgan fingerprint density at radius 1 is 1.75 bits per heavy atom. The molecular weight excluding hydrogens is 176 g/mol. The van der Waals surface area contributed by atoms with Crippen LogP contribution in [0, 0.1) is 0 Å². The molecule has 2 N–H and O–H groups in total. The van der Waals surface area contributed by atoms with Crippen molar-refractivity contribution < 1.29 is 4.79 Å². The Morgan fingerprint density at radius 3 is 2.92 bits per heavy atom. The highest BCUT2D eigenvalue weighted by molar-refractivity contribution is 6.29. The van der Waals surface area contributed by atoms with Crippen molar-refractivity contribution in [3.63, 3.8) is 0 Å². The van der Waals surface area contributed by atoms with Crippen LogP contribution in [0.25, 0.3) is 0 Å². The summed E-state index contributed by atoms with van der Waals surface area (Å²) in [7, 11) is 0. The molecule has 1 atom stereocenters. The summed E-state index contributed by atoms with van der Waals surface area (Å²) >= 11 is 5.68. The minimum Gasteiger partial charge on any atom is -0.360 e. The number of nitrogens with one attached hydrogen (secondary N) is 2. The quantitative estimate of drug-likeness (QED) is 0.516. The van der Waals surface area contributed by atoms with Crippen LogP contribution in [0.4, 0.5) is 0 Å². The molecule has 0 fully saturated rings. The van der Waals surface area contributed by atoms with Gasteiger partial charge in [0, 0.05) is 6.20 Å². The first-order chi connectivity index (χ1) is 5.72. The first-order valence-corrected chi connectivity index (χ1v) is 4.48. The Kier molecular flexibility index (Phi) is 2.98. The minimum atomic E-state index is -0.646. The van der Waals surface area contributed by atoms with Crippen molar-refractivity contribution in [1.29, 1.82) is 0 Å². The van der Waals surface area contributed by atoms with Gasteiger partial charge in [-0.15, -0.1) is 0 Å². The van der Waals surface area contributed by atoms with Gasteiger partial charge in [0.1, 0.15) is 5.16 Å². The second kappa shape index (κ2) is 3.81. The summed E-state index contributed by atoms with van der Waals surface area (Å²) in [5.74, 6) is 0. The van der Waals surface area contributed by atoms with Gasteiger partial charge in [-0.1, -0.05) is 24.9 Å². The third-order valence-electron chi connectivity index (χ3n) is 1.92. The molecule has 0 spiro atoms. The summed E-state index contributed by atoms with van der Waals surface area (Å²) in [6, 6.07) is 0. The predicted molar refractivity (Wildman–Crippen MR) is 48.5 cm³/mol. The second-order valence-electron chi connectivity index (χ2n) is 2.95. The number of hydrogen-bond acceptors (Lipinski definition) is 3. The Morgan fingerprint density at radius 2 is 2.50 bits per heavy atom. The summed E-state index contributed by atoms with van der Waals surface area (Å²) in [6.45, 7) is 2.09. The SMILES string of the molecule is CCCCC1(C=O)NC=C(Cl)N1. The lowest BCUT2D eigenvalue weighted by Crippen LogP contribution is -2.50. The molecular formula is C8H13ClN2O. The molecule has 4 heteroatoms. The van der Waals surface area contributed by atoms with Crippen molar-refractivity contribution >= 4 is 17.9 Å². The van der Waals surface area contributed by atoms with E-state index >= 15 is 0 Å². The van der Waals surface area contributed by atoms with Gasteiger partial charge in [0.05, 0.1) is 0 Å². The van der Waals surface area contributed by atoms with E-state index in [-0.39, 0.29) is 0 Å². The number of hydrogen-bond donors (Lipinski definition) is 2. The van der Waals surface area contributed by atoms with Crippen molar-refractivity contribution in [1.82, 2.24) is 10.6 Å².